The molecular formula is C53H56Cl4F3N7O3. The predicted octanol–water partition coefficient (Wildman–Crippen LogP) is 15.5. The van der Waals surface area contributed by atoms with Crippen LogP contribution in [0.5, 0.6) is 0 Å². The van der Waals surface area contributed by atoms with Gasteiger partial charge < -0.3 is 27.4 Å². The number of benzene rings is 6. The van der Waals surface area contributed by atoms with Crippen LogP contribution in [-0.2, 0) is 43.4 Å². The largest absolute Gasteiger partial charge is 0.398 e. The van der Waals surface area contributed by atoms with Crippen molar-refractivity contribution in [3.63, 3.8) is 0 Å². The SMILES string of the molecule is CCc1c(N)cc(Cl)c(CC)c1NC(=O)N(Cc1ccc(Cl)cc1)c1ccc(NC(C)=O)cc1.CCc1c(N)cc(Cl)c(CC)c1NC(=O)N(c1ccc(CC(F)(F)F)cc1)C(C)c1ccc(Cl)cc1. The molecule has 1 atom stereocenters. The van der Waals surface area contributed by atoms with Crippen molar-refractivity contribution in [3.8, 4) is 0 Å². The van der Waals surface area contributed by atoms with Gasteiger partial charge >= 0.3 is 18.2 Å². The summed E-state index contributed by atoms with van der Waals surface area (Å²) in [4.78, 5) is 41.9. The molecule has 1 unspecified atom stereocenters. The molecule has 0 aliphatic carbocycles. The van der Waals surface area contributed by atoms with Crippen molar-refractivity contribution < 1.29 is 27.6 Å². The second-order valence-corrected chi connectivity index (χ2v) is 18.0. The number of nitrogens with two attached hydrogens (primary N) is 2. The van der Waals surface area contributed by atoms with E-state index >= 15 is 0 Å². The first kappa shape index (κ1) is 54.8. The molecule has 0 aliphatic rings. The summed E-state index contributed by atoms with van der Waals surface area (Å²) < 4.78 is 38.6. The van der Waals surface area contributed by atoms with Crippen molar-refractivity contribution in [2.75, 3.05) is 37.2 Å². The first-order valence-corrected chi connectivity index (χ1v) is 24.1. The second kappa shape index (κ2) is 24.6. The van der Waals surface area contributed by atoms with Crippen LogP contribution < -0.4 is 37.2 Å². The van der Waals surface area contributed by atoms with Gasteiger partial charge in [-0.3, -0.25) is 14.6 Å². The lowest BCUT2D eigenvalue weighted by atomic mass is 10.0. The fourth-order valence-corrected chi connectivity index (χ4v) is 8.95. The maximum Gasteiger partial charge on any atom is 0.393 e. The highest BCUT2D eigenvalue weighted by Crippen LogP contribution is 2.38. The topological polar surface area (TPSA) is 146 Å². The molecule has 70 heavy (non-hydrogen) atoms. The lowest BCUT2D eigenvalue weighted by Crippen LogP contribution is -2.37. The summed E-state index contributed by atoms with van der Waals surface area (Å²) in [5.41, 5.74) is 21.4. The summed E-state index contributed by atoms with van der Waals surface area (Å²) in [5, 5.41) is 10.9. The number of rotatable bonds is 14. The number of nitrogen functional groups attached to an aromatic ring is 2. The van der Waals surface area contributed by atoms with Crippen LogP contribution in [0.1, 0.15) is 86.5 Å². The number of hydrogen-bond acceptors (Lipinski definition) is 5. The van der Waals surface area contributed by atoms with E-state index in [0.29, 0.717) is 92.1 Å². The van der Waals surface area contributed by atoms with Crippen molar-refractivity contribution in [2.45, 2.75) is 92.4 Å². The Bertz CT molecular complexity index is 2720. The molecule has 0 saturated carbocycles. The first-order valence-electron chi connectivity index (χ1n) is 22.6. The van der Waals surface area contributed by atoms with Gasteiger partial charge in [-0.05, 0) is 144 Å². The summed E-state index contributed by atoms with van der Waals surface area (Å²) in [6, 6.07) is 29.4. The van der Waals surface area contributed by atoms with Crippen LogP contribution in [0, 0.1) is 0 Å². The molecule has 10 nitrogen and oxygen atoms in total. The highest BCUT2D eigenvalue weighted by Gasteiger charge is 2.29. The van der Waals surface area contributed by atoms with Crippen LogP contribution in [0.2, 0.25) is 20.1 Å². The Morgan fingerprint density at radius 3 is 1.46 bits per heavy atom. The van der Waals surface area contributed by atoms with E-state index < -0.39 is 24.7 Å². The average molecular weight is 1040 g/mol. The molecular weight excluding hydrogens is 981 g/mol. The van der Waals surface area contributed by atoms with E-state index in [1.54, 1.807) is 77.7 Å². The lowest BCUT2D eigenvalue weighted by Gasteiger charge is -2.31. The number of hydrogen-bond donors (Lipinski definition) is 5. The fraction of sp³-hybridized carbons (Fsp3) is 0.264. The number of urea groups is 2. The van der Waals surface area contributed by atoms with Crippen molar-refractivity contribution in [3.05, 3.63) is 168 Å². The minimum atomic E-state index is -4.32. The molecule has 6 rings (SSSR count). The van der Waals surface area contributed by atoms with Crippen molar-refractivity contribution in [2.24, 2.45) is 0 Å². The van der Waals surface area contributed by atoms with Crippen LogP contribution in [-0.4, -0.2) is 24.1 Å². The van der Waals surface area contributed by atoms with E-state index in [1.807, 2.05) is 46.8 Å². The lowest BCUT2D eigenvalue weighted by molar-refractivity contribution is -0.127. The standard InChI is InChI=1S/C27H28Cl2F3N3O.C26H28Cl2N4O2/c1-4-21-23(29)14-24(33)22(5-2)25(21)34-26(36)35(16(3)18-8-10-19(28)11-9-18)20-12-6-17(7-13-20)15-27(30,31)32;1-4-21-23(28)14-24(29)22(5-2)25(21)31-26(34)32(15-17-6-8-18(27)9-7-17)20-12-10-19(11-13-20)30-16(3)33/h6-14,16H,4-5,15,33H2,1-3H3,(H,34,36);6-14H,4-5,15,29H2,1-3H3,(H,30,33)(H,31,34). The van der Waals surface area contributed by atoms with Gasteiger partial charge in [0, 0.05) is 55.5 Å². The van der Waals surface area contributed by atoms with Crippen LogP contribution in [0.3, 0.4) is 0 Å². The maximum atomic E-state index is 13.8. The van der Waals surface area contributed by atoms with Gasteiger partial charge in [-0.1, -0.05) is 110 Å². The molecule has 370 valence electrons. The van der Waals surface area contributed by atoms with Gasteiger partial charge in [0.25, 0.3) is 0 Å². The van der Waals surface area contributed by atoms with Crippen molar-refractivity contribution in [1.82, 2.24) is 0 Å². The molecule has 5 amide bonds. The van der Waals surface area contributed by atoms with E-state index in [2.05, 4.69) is 16.0 Å². The van der Waals surface area contributed by atoms with E-state index in [0.717, 1.165) is 33.4 Å². The summed E-state index contributed by atoms with van der Waals surface area (Å²) in [5.74, 6) is -0.166. The maximum absolute atomic E-state index is 13.8. The number of carbonyl (C=O) groups is 3. The molecule has 7 N–H and O–H groups in total. The third-order valence-corrected chi connectivity index (χ3v) is 12.7. The zero-order valence-corrected chi connectivity index (χ0v) is 42.7. The van der Waals surface area contributed by atoms with Crippen molar-refractivity contribution in [1.29, 1.82) is 0 Å². The van der Waals surface area contributed by atoms with Gasteiger partial charge in [0.2, 0.25) is 5.91 Å². The summed E-state index contributed by atoms with van der Waals surface area (Å²) >= 11 is 25.0. The molecule has 17 heteroatoms. The minimum absolute atomic E-state index is 0.106. The number of nitrogens with zero attached hydrogens (tertiary/aromatic N) is 2. The van der Waals surface area contributed by atoms with Crippen LogP contribution in [0.25, 0.3) is 0 Å². The Kier molecular flexibility index (Phi) is 19.3. The van der Waals surface area contributed by atoms with E-state index in [-0.39, 0.29) is 17.5 Å². The summed E-state index contributed by atoms with van der Waals surface area (Å²) in [6.45, 7) is 11.4. The fourth-order valence-electron chi connectivity index (χ4n) is 8.00. The predicted molar refractivity (Wildman–Crippen MR) is 284 cm³/mol. The van der Waals surface area contributed by atoms with Gasteiger partial charge in [-0.15, -0.1) is 0 Å². The van der Waals surface area contributed by atoms with Gasteiger partial charge in [0.15, 0.2) is 0 Å². The molecule has 0 fully saturated rings. The van der Waals surface area contributed by atoms with Crippen LogP contribution in [0.15, 0.2) is 109 Å². The third-order valence-electron chi connectivity index (χ3n) is 11.5. The van der Waals surface area contributed by atoms with Gasteiger partial charge in [0.05, 0.1) is 30.4 Å². The molecule has 0 aliphatic heterocycles. The number of carbonyl (C=O) groups excluding carboxylic acids is 3. The van der Waals surface area contributed by atoms with Crippen molar-refractivity contribution >= 4 is 104 Å². The quantitative estimate of drug-likeness (QED) is 0.0690. The normalized spacial score (nSPS) is 11.5. The van der Waals surface area contributed by atoms with Crippen LogP contribution >= 0.6 is 46.4 Å². The Morgan fingerprint density at radius 1 is 0.586 bits per heavy atom. The number of anilines is 7. The molecule has 0 radical (unpaired) electrons. The number of amides is 5. The number of nitrogens with one attached hydrogen (secondary N) is 3. The Balaban J connectivity index is 0.000000261. The molecule has 6 aromatic carbocycles. The number of halogens is 7. The minimum Gasteiger partial charge on any atom is -0.398 e. The Morgan fingerprint density at radius 2 is 1.01 bits per heavy atom. The monoisotopic (exact) mass is 1040 g/mol. The Labute approximate surface area is 427 Å². The number of alkyl halides is 3. The van der Waals surface area contributed by atoms with Gasteiger partial charge in [-0.25, -0.2) is 9.59 Å². The van der Waals surface area contributed by atoms with E-state index in [1.165, 1.54) is 36.1 Å². The smallest absolute Gasteiger partial charge is 0.393 e. The molecule has 0 spiro atoms. The Hall–Kier alpha value is -6.12. The second-order valence-electron chi connectivity index (χ2n) is 16.3. The van der Waals surface area contributed by atoms with Gasteiger partial charge in [-0.2, -0.15) is 13.2 Å². The average Bonchev–Trinajstić information content (AvgIpc) is 3.29. The molecule has 0 saturated heterocycles. The first-order chi connectivity index (χ1) is 33.2. The molecule has 6 aromatic rings. The highest BCUT2D eigenvalue weighted by atomic mass is 35.5. The van der Waals surface area contributed by atoms with E-state index in [4.69, 9.17) is 57.9 Å². The zero-order chi connectivity index (χ0) is 51.4. The molecule has 0 heterocycles. The highest BCUT2D eigenvalue weighted by molar-refractivity contribution is 6.33. The van der Waals surface area contributed by atoms with Crippen LogP contribution in [0.4, 0.5) is 62.6 Å². The summed E-state index contributed by atoms with van der Waals surface area (Å²) in [6.07, 6.45) is -2.94. The van der Waals surface area contributed by atoms with Gasteiger partial charge in [0.1, 0.15) is 0 Å². The summed E-state index contributed by atoms with van der Waals surface area (Å²) in [7, 11) is 0. The zero-order valence-electron chi connectivity index (χ0n) is 39.6. The third kappa shape index (κ3) is 14.2. The molecule has 0 bridgehead atoms. The van der Waals surface area contributed by atoms with E-state index in [9.17, 15) is 27.6 Å². The molecule has 0 aromatic heterocycles.